The predicted molar refractivity (Wildman–Crippen MR) is 63.6 cm³/mol. The van der Waals surface area contributed by atoms with Gasteiger partial charge in [-0.2, -0.15) is 0 Å². The molecule has 1 aliphatic carbocycles. The van der Waals surface area contributed by atoms with E-state index in [9.17, 15) is 0 Å². The maximum atomic E-state index is 5.52. The zero-order valence-corrected chi connectivity index (χ0v) is 10.1. The number of anilines is 1. The van der Waals surface area contributed by atoms with E-state index in [1.54, 1.807) is 6.33 Å². The normalized spacial score (nSPS) is 17.2. The Morgan fingerprint density at radius 1 is 1.31 bits per heavy atom. The third kappa shape index (κ3) is 3.08. The summed E-state index contributed by atoms with van der Waals surface area (Å²) in [6.07, 6.45) is 4.34. The molecule has 0 aliphatic heterocycles. The van der Waals surface area contributed by atoms with Gasteiger partial charge in [0.1, 0.15) is 12.1 Å². The van der Waals surface area contributed by atoms with E-state index in [-0.39, 0.29) is 6.10 Å². The third-order valence-electron chi connectivity index (χ3n) is 2.70. The van der Waals surface area contributed by atoms with Crippen molar-refractivity contribution >= 4 is 5.82 Å². The lowest BCUT2D eigenvalue weighted by atomic mass is 10.2. The number of ether oxygens (including phenoxy) is 1. The molecular formula is C12H19N3O. The molecule has 2 rings (SSSR count). The Morgan fingerprint density at radius 2 is 2.06 bits per heavy atom. The minimum absolute atomic E-state index is 0.142. The Balaban J connectivity index is 1.97. The van der Waals surface area contributed by atoms with Crippen molar-refractivity contribution in [1.29, 1.82) is 0 Å². The fourth-order valence-electron chi connectivity index (χ4n) is 1.67. The lowest BCUT2D eigenvalue weighted by molar-refractivity contribution is 0.232. The summed E-state index contributed by atoms with van der Waals surface area (Å²) in [6, 6.07) is 2.35. The molecule has 0 aromatic carbocycles. The van der Waals surface area contributed by atoms with Crippen LogP contribution in [-0.4, -0.2) is 22.1 Å². The third-order valence-corrected chi connectivity index (χ3v) is 2.70. The van der Waals surface area contributed by atoms with E-state index >= 15 is 0 Å². The van der Waals surface area contributed by atoms with Crippen LogP contribution in [0.15, 0.2) is 12.4 Å². The van der Waals surface area contributed by atoms with Crippen LogP contribution in [0.1, 0.15) is 33.6 Å². The monoisotopic (exact) mass is 221 g/mol. The molecule has 1 heterocycles. The van der Waals surface area contributed by atoms with Gasteiger partial charge in [-0.25, -0.2) is 9.97 Å². The molecule has 1 aromatic rings. The summed E-state index contributed by atoms with van der Waals surface area (Å²) >= 11 is 0. The summed E-state index contributed by atoms with van der Waals surface area (Å²) in [7, 11) is 0. The Kier molecular flexibility index (Phi) is 3.27. The van der Waals surface area contributed by atoms with E-state index in [1.165, 1.54) is 12.8 Å². The van der Waals surface area contributed by atoms with Crippen LogP contribution in [0.5, 0.6) is 5.88 Å². The van der Waals surface area contributed by atoms with Crippen molar-refractivity contribution in [2.24, 2.45) is 5.92 Å². The number of rotatable bonds is 5. The van der Waals surface area contributed by atoms with Gasteiger partial charge in [-0.1, -0.05) is 0 Å². The summed E-state index contributed by atoms with van der Waals surface area (Å²) in [6.45, 7) is 6.17. The van der Waals surface area contributed by atoms with Crippen molar-refractivity contribution in [3.05, 3.63) is 12.4 Å². The average molecular weight is 221 g/mol. The molecule has 1 atom stereocenters. The maximum Gasteiger partial charge on any atom is 0.218 e. The molecule has 1 aliphatic rings. The molecule has 16 heavy (non-hydrogen) atoms. The highest BCUT2D eigenvalue weighted by Gasteiger charge is 2.27. The second kappa shape index (κ2) is 4.68. The minimum atomic E-state index is 0.142. The summed E-state index contributed by atoms with van der Waals surface area (Å²) < 4.78 is 5.52. The molecule has 1 N–H and O–H groups in total. The van der Waals surface area contributed by atoms with Crippen LogP contribution in [-0.2, 0) is 0 Å². The van der Waals surface area contributed by atoms with E-state index in [0.29, 0.717) is 11.9 Å². The van der Waals surface area contributed by atoms with E-state index in [2.05, 4.69) is 22.2 Å². The van der Waals surface area contributed by atoms with Gasteiger partial charge in [0, 0.05) is 12.1 Å². The topological polar surface area (TPSA) is 47.0 Å². The molecule has 1 saturated carbocycles. The summed E-state index contributed by atoms with van der Waals surface area (Å²) in [5.74, 6) is 2.30. The zero-order chi connectivity index (χ0) is 11.5. The quantitative estimate of drug-likeness (QED) is 0.829. The van der Waals surface area contributed by atoms with Crippen LogP contribution in [0.2, 0.25) is 0 Å². The van der Waals surface area contributed by atoms with Crippen molar-refractivity contribution in [2.75, 3.05) is 5.32 Å². The van der Waals surface area contributed by atoms with Crippen LogP contribution in [0, 0.1) is 5.92 Å². The molecular weight excluding hydrogens is 202 g/mol. The van der Waals surface area contributed by atoms with Gasteiger partial charge in [-0.3, -0.25) is 0 Å². The molecule has 0 spiro atoms. The van der Waals surface area contributed by atoms with Crippen molar-refractivity contribution in [1.82, 2.24) is 9.97 Å². The molecule has 1 aromatic heterocycles. The number of hydrogen-bond donors (Lipinski definition) is 1. The van der Waals surface area contributed by atoms with Gasteiger partial charge in [0.25, 0.3) is 0 Å². The molecule has 0 radical (unpaired) electrons. The first-order chi connectivity index (χ1) is 7.65. The number of nitrogens with zero attached hydrogens (tertiary/aromatic N) is 2. The first kappa shape index (κ1) is 11.2. The lowest BCUT2D eigenvalue weighted by Gasteiger charge is -2.14. The minimum Gasteiger partial charge on any atom is -0.475 e. The Labute approximate surface area is 96.4 Å². The van der Waals surface area contributed by atoms with E-state index in [0.717, 1.165) is 11.7 Å². The highest BCUT2D eigenvalue weighted by Crippen LogP contribution is 2.33. The summed E-state index contributed by atoms with van der Waals surface area (Å²) in [5, 5.41) is 3.39. The van der Waals surface area contributed by atoms with Crippen molar-refractivity contribution in [3.8, 4) is 5.88 Å². The fraction of sp³-hybridized carbons (Fsp3) is 0.667. The van der Waals surface area contributed by atoms with Gasteiger partial charge in [-0.05, 0) is 39.5 Å². The molecule has 1 unspecified atom stereocenters. The molecule has 0 saturated heterocycles. The van der Waals surface area contributed by atoms with Gasteiger partial charge < -0.3 is 10.1 Å². The van der Waals surface area contributed by atoms with Gasteiger partial charge in [0.15, 0.2) is 0 Å². The standard InChI is InChI=1S/C12H19N3O/c1-8(2)16-12-6-11(13-7-14-12)15-9(3)10-4-5-10/h6-10H,4-5H2,1-3H3,(H,13,14,15). The van der Waals surface area contributed by atoms with Crippen molar-refractivity contribution in [3.63, 3.8) is 0 Å². The molecule has 88 valence electrons. The second-order valence-electron chi connectivity index (χ2n) is 4.68. The van der Waals surface area contributed by atoms with Crippen LogP contribution in [0.25, 0.3) is 0 Å². The zero-order valence-electron chi connectivity index (χ0n) is 10.1. The largest absolute Gasteiger partial charge is 0.475 e. The molecule has 1 fully saturated rings. The molecule has 0 bridgehead atoms. The van der Waals surface area contributed by atoms with Crippen LogP contribution < -0.4 is 10.1 Å². The summed E-state index contributed by atoms with van der Waals surface area (Å²) in [5.41, 5.74) is 0. The van der Waals surface area contributed by atoms with E-state index < -0.39 is 0 Å². The highest BCUT2D eigenvalue weighted by molar-refractivity contribution is 5.38. The Bertz CT molecular complexity index is 350. The fourth-order valence-corrected chi connectivity index (χ4v) is 1.67. The van der Waals surface area contributed by atoms with Crippen molar-refractivity contribution in [2.45, 2.75) is 45.8 Å². The number of hydrogen-bond acceptors (Lipinski definition) is 4. The van der Waals surface area contributed by atoms with Crippen LogP contribution in [0.4, 0.5) is 5.82 Å². The van der Waals surface area contributed by atoms with Crippen LogP contribution in [0.3, 0.4) is 0 Å². The Morgan fingerprint density at radius 3 is 2.69 bits per heavy atom. The first-order valence-electron chi connectivity index (χ1n) is 5.90. The summed E-state index contributed by atoms with van der Waals surface area (Å²) in [4.78, 5) is 8.27. The maximum absolute atomic E-state index is 5.52. The predicted octanol–water partition coefficient (Wildman–Crippen LogP) is 2.47. The number of aromatic nitrogens is 2. The van der Waals surface area contributed by atoms with Crippen LogP contribution >= 0.6 is 0 Å². The Hall–Kier alpha value is -1.32. The first-order valence-corrected chi connectivity index (χ1v) is 5.90. The number of nitrogens with one attached hydrogen (secondary N) is 1. The molecule has 4 heteroatoms. The molecule has 0 amide bonds. The van der Waals surface area contributed by atoms with Gasteiger partial charge in [-0.15, -0.1) is 0 Å². The average Bonchev–Trinajstić information content (AvgIpc) is 2.99. The van der Waals surface area contributed by atoms with E-state index in [4.69, 9.17) is 4.74 Å². The van der Waals surface area contributed by atoms with Gasteiger partial charge in [0.05, 0.1) is 6.10 Å². The second-order valence-corrected chi connectivity index (χ2v) is 4.68. The lowest BCUT2D eigenvalue weighted by Crippen LogP contribution is -2.18. The SMILES string of the molecule is CC(C)Oc1cc(NC(C)C2CC2)ncn1. The smallest absolute Gasteiger partial charge is 0.218 e. The highest BCUT2D eigenvalue weighted by atomic mass is 16.5. The van der Waals surface area contributed by atoms with E-state index in [1.807, 2.05) is 19.9 Å². The van der Waals surface area contributed by atoms with Gasteiger partial charge in [0.2, 0.25) is 5.88 Å². The molecule has 4 nitrogen and oxygen atoms in total. The van der Waals surface area contributed by atoms with Crippen molar-refractivity contribution < 1.29 is 4.74 Å². The van der Waals surface area contributed by atoms with Gasteiger partial charge >= 0.3 is 0 Å².